The highest BCUT2D eigenvalue weighted by molar-refractivity contribution is 5.96. The Balaban J connectivity index is 1.48. The van der Waals surface area contributed by atoms with Gasteiger partial charge in [0.2, 0.25) is 5.91 Å². The molecule has 0 aromatic heterocycles. The molecule has 1 aliphatic rings. The third kappa shape index (κ3) is 4.63. The molecule has 154 valence electrons. The number of hydrogen-bond acceptors (Lipinski definition) is 4. The lowest BCUT2D eigenvalue weighted by atomic mass is 10.0. The van der Waals surface area contributed by atoms with E-state index in [-0.39, 0.29) is 12.0 Å². The summed E-state index contributed by atoms with van der Waals surface area (Å²) in [5, 5.41) is 6.45. The van der Waals surface area contributed by atoms with E-state index in [9.17, 15) is 4.79 Å². The number of fused-ring (bicyclic) bond motifs is 1. The molecular weight excluding hydrogens is 376 g/mol. The van der Waals surface area contributed by atoms with E-state index < -0.39 is 6.04 Å². The van der Waals surface area contributed by atoms with Crippen molar-refractivity contribution in [3.05, 3.63) is 89.5 Å². The lowest BCUT2D eigenvalue weighted by Gasteiger charge is -2.28. The van der Waals surface area contributed by atoms with Crippen molar-refractivity contribution in [2.45, 2.75) is 26.0 Å². The van der Waals surface area contributed by atoms with Gasteiger partial charge in [-0.25, -0.2) is 0 Å². The van der Waals surface area contributed by atoms with Crippen LogP contribution in [0, 0.1) is 13.8 Å². The zero-order chi connectivity index (χ0) is 20.9. The molecule has 0 radical (unpaired) electrons. The minimum atomic E-state index is -0.508. The number of amides is 1. The monoisotopic (exact) mass is 402 g/mol. The maximum atomic E-state index is 13.2. The standard InChI is InChI=1S/C25H26N2O3/c1-17-12-13-18(2)21(14-17)27-25(28)24(19-8-4-3-5-9-19)26-15-20-16-29-22-10-6-7-11-23(22)30-20/h3-14,20,24,26H,15-16H2,1-2H3,(H,27,28)/t20-,24+/m0/s1. The Morgan fingerprint density at radius 2 is 1.73 bits per heavy atom. The lowest BCUT2D eigenvalue weighted by Crippen LogP contribution is -2.42. The zero-order valence-corrected chi connectivity index (χ0v) is 17.2. The third-order valence-electron chi connectivity index (χ3n) is 5.16. The van der Waals surface area contributed by atoms with Gasteiger partial charge in [0.05, 0.1) is 0 Å². The van der Waals surface area contributed by atoms with Crippen molar-refractivity contribution in [2.75, 3.05) is 18.5 Å². The first-order chi connectivity index (χ1) is 14.6. The zero-order valence-electron chi connectivity index (χ0n) is 17.2. The predicted molar refractivity (Wildman–Crippen MR) is 118 cm³/mol. The van der Waals surface area contributed by atoms with Crippen LogP contribution in [0.3, 0.4) is 0 Å². The molecule has 30 heavy (non-hydrogen) atoms. The molecule has 5 nitrogen and oxygen atoms in total. The first kappa shape index (κ1) is 20.0. The topological polar surface area (TPSA) is 59.6 Å². The maximum Gasteiger partial charge on any atom is 0.246 e. The molecule has 0 saturated heterocycles. The van der Waals surface area contributed by atoms with E-state index in [2.05, 4.69) is 10.6 Å². The number of anilines is 1. The van der Waals surface area contributed by atoms with E-state index in [1.165, 1.54) is 0 Å². The Morgan fingerprint density at radius 3 is 2.53 bits per heavy atom. The molecule has 1 amide bonds. The lowest BCUT2D eigenvalue weighted by molar-refractivity contribution is -0.118. The fourth-order valence-electron chi connectivity index (χ4n) is 3.50. The fraction of sp³-hybridized carbons (Fsp3) is 0.240. The van der Waals surface area contributed by atoms with Gasteiger partial charge in [-0.05, 0) is 48.7 Å². The summed E-state index contributed by atoms with van der Waals surface area (Å²) < 4.78 is 11.8. The number of carbonyl (C=O) groups excluding carboxylic acids is 1. The molecule has 0 spiro atoms. The molecule has 0 aliphatic carbocycles. The van der Waals surface area contributed by atoms with E-state index in [0.29, 0.717) is 13.2 Å². The van der Waals surface area contributed by atoms with Crippen LogP contribution in [0.2, 0.25) is 0 Å². The van der Waals surface area contributed by atoms with Gasteiger partial charge in [0.15, 0.2) is 11.5 Å². The molecular formula is C25H26N2O3. The second-order valence-corrected chi connectivity index (χ2v) is 7.56. The minimum absolute atomic E-state index is 0.105. The molecule has 4 rings (SSSR count). The van der Waals surface area contributed by atoms with Gasteiger partial charge in [-0.15, -0.1) is 0 Å². The number of nitrogens with one attached hydrogen (secondary N) is 2. The van der Waals surface area contributed by atoms with E-state index in [1.54, 1.807) is 0 Å². The number of ether oxygens (including phenoxy) is 2. The van der Waals surface area contributed by atoms with E-state index in [0.717, 1.165) is 33.9 Å². The number of para-hydroxylation sites is 2. The van der Waals surface area contributed by atoms with Gasteiger partial charge in [-0.1, -0.05) is 54.6 Å². The van der Waals surface area contributed by atoms with Gasteiger partial charge in [0.25, 0.3) is 0 Å². The van der Waals surface area contributed by atoms with Crippen LogP contribution in [0.15, 0.2) is 72.8 Å². The fourth-order valence-corrected chi connectivity index (χ4v) is 3.50. The second kappa shape index (κ2) is 9.01. The van der Waals surface area contributed by atoms with Crippen molar-refractivity contribution < 1.29 is 14.3 Å². The van der Waals surface area contributed by atoms with Crippen LogP contribution in [0.25, 0.3) is 0 Å². The van der Waals surface area contributed by atoms with Crippen molar-refractivity contribution in [2.24, 2.45) is 0 Å². The smallest absolute Gasteiger partial charge is 0.246 e. The number of hydrogen-bond donors (Lipinski definition) is 2. The molecule has 0 fully saturated rings. The maximum absolute atomic E-state index is 13.2. The minimum Gasteiger partial charge on any atom is -0.486 e. The van der Waals surface area contributed by atoms with Crippen LogP contribution in [-0.2, 0) is 4.79 Å². The normalized spacial score (nSPS) is 16.0. The highest BCUT2D eigenvalue weighted by Crippen LogP contribution is 2.31. The Labute approximate surface area is 177 Å². The van der Waals surface area contributed by atoms with Crippen molar-refractivity contribution in [1.82, 2.24) is 5.32 Å². The summed E-state index contributed by atoms with van der Waals surface area (Å²) in [6, 6.07) is 22.9. The van der Waals surface area contributed by atoms with Gasteiger partial charge < -0.3 is 14.8 Å². The molecule has 1 aliphatic heterocycles. The van der Waals surface area contributed by atoms with E-state index in [4.69, 9.17) is 9.47 Å². The van der Waals surface area contributed by atoms with Crippen LogP contribution in [0.1, 0.15) is 22.7 Å². The third-order valence-corrected chi connectivity index (χ3v) is 5.16. The summed E-state index contributed by atoms with van der Waals surface area (Å²) in [5.74, 6) is 1.37. The van der Waals surface area contributed by atoms with Crippen LogP contribution < -0.4 is 20.1 Å². The van der Waals surface area contributed by atoms with Crippen LogP contribution >= 0.6 is 0 Å². The van der Waals surface area contributed by atoms with Gasteiger partial charge in [0.1, 0.15) is 18.8 Å². The summed E-state index contributed by atoms with van der Waals surface area (Å²) in [6.07, 6.45) is -0.181. The van der Waals surface area contributed by atoms with E-state index in [1.807, 2.05) is 86.6 Å². The molecule has 3 aromatic rings. The van der Waals surface area contributed by atoms with Gasteiger partial charge >= 0.3 is 0 Å². The molecule has 0 saturated carbocycles. The largest absolute Gasteiger partial charge is 0.486 e. The Hall–Kier alpha value is -3.31. The first-order valence-electron chi connectivity index (χ1n) is 10.1. The van der Waals surface area contributed by atoms with Crippen molar-refractivity contribution >= 4 is 11.6 Å². The van der Waals surface area contributed by atoms with Crippen molar-refractivity contribution in [3.63, 3.8) is 0 Å². The van der Waals surface area contributed by atoms with Crippen molar-refractivity contribution in [3.8, 4) is 11.5 Å². The Kier molecular flexibility index (Phi) is 6.00. The van der Waals surface area contributed by atoms with Crippen LogP contribution in [0.4, 0.5) is 5.69 Å². The first-order valence-corrected chi connectivity index (χ1v) is 10.1. The molecule has 2 N–H and O–H groups in total. The Morgan fingerprint density at radius 1 is 1.00 bits per heavy atom. The highest BCUT2D eigenvalue weighted by atomic mass is 16.6. The molecule has 0 bridgehead atoms. The predicted octanol–water partition coefficient (Wildman–Crippen LogP) is 4.41. The molecule has 5 heteroatoms. The Bertz CT molecular complexity index is 1020. The molecule has 2 atom stereocenters. The van der Waals surface area contributed by atoms with Gasteiger partial charge in [-0.3, -0.25) is 10.1 Å². The summed E-state index contributed by atoms with van der Waals surface area (Å²) in [4.78, 5) is 13.2. The number of rotatable bonds is 6. The van der Waals surface area contributed by atoms with Crippen LogP contribution in [0.5, 0.6) is 11.5 Å². The summed E-state index contributed by atoms with van der Waals surface area (Å²) in [7, 11) is 0. The average molecular weight is 402 g/mol. The number of benzene rings is 3. The molecule has 3 aromatic carbocycles. The summed E-state index contributed by atoms with van der Waals surface area (Å²) >= 11 is 0. The number of aryl methyl sites for hydroxylation is 2. The number of carbonyl (C=O) groups is 1. The second-order valence-electron chi connectivity index (χ2n) is 7.56. The van der Waals surface area contributed by atoms with E-state index >= 15 is 0 Å². The molecule has 0 unspecified atom stereocenters. The summed E-state index contributed by atoms with van der Waals surface area (Å²) in [5.41, 5.74) is 3.86. The highest BCUT2D eigenvalue weighted by Gasteiger charge is 2.25. The summed E-state index contributed by atoms with van der Waals surface area (Å²) in [6.45, 7) is 4.92. The van der Waals surface area contributed by atoms with Crippen molar-refractivity contribution in [1.29, 1.82) is 0 Å². The SMILES string of the molecule is Cc1ccc(C)c(NC(=O)[C@H](NC[C@H]2COc3ccccc3O2)c2ccccc2)c1. The van der Waals surface area contributed by atoms with Gasteiger partial charge in [0, 0.05) is 12.2 Å². The van der Waals surface area contributed by atoms with Crippen LogP contribution in [-0.4, -0.2) is 25.2 Å². The van der Waals surface area contributed by atoms with Gasteiger partial charge in [-0.2, -0.15) is 0 Å². The average Bonchev–Trinajstić information content (AvgIpc) is 2.77. The quantitative estimate of drug-likeness (QED) is 0.641. The molecule has 1 heterocycles.